The van der Waals surface area contributed by atoms with Gasteiger partial charge in [-0.2, -0.15) is 0 Å². The molecule has 0 aliphatic rings. The fourth-order valence-corrected chi connectivity index (χ4v) is 2.13. The van der Waals surface area contributed by atoms with Gasteiger partial charge in [0, 0.05) is 24.4 Å². The number of hydrogen-bond acceptors (Lipinski definition) is 3. The van der Waals surface area contributed by atoms with E-state index < -0.39 is 0 Å². The molecular weight excluding hydrogens is 204 g/mol. The molecule has 1 aromatic heterocycles. The fourth-order valence-electron chi connectivity index (χ4n) is 1.53. The van der Waals surface area contributed by atoms with E-state index in [0.29, 0.717) is 6.04 Å². The first-order chi connectivity index (χ1) is 7.36. The molecule has 1 N–H and O–H groups in total. The summed E-state index contributed by atoms with van der Waals surface area (Å²) in [6.45, 7) is 7.00. The van der Waals surface area contributed by atoms with E-state index in [2.05, 4.69) is 29.2 Å². The maximum absolute atomic E-state index is 4.26. The van der Waals surface area contributed by atoms with Gasteiger partial charge in [-0.05, 0) is 19.3 Å². The fraction of sp³-hybridized carbons (Fsp3) is 0.583. The summed E-state index contributed by atoms with van der Waals surface area (Å²) < 4.78 is 0. The van der Waals surface area contributed by atoms with Crippen molar-refractivity contribution >= 4 is 11.3 Å². The van der Waals surface area contributed by atoms with Crippen molar-refractivity contribution in [1.82, 2.24) is 10.3 Å². The SMILES string of the molecule is C=CCCC(CC)NCCc1cscn1. The van der Waals surface area contributed by atoms with Crippen LogP contribution in [0.1, 0.15) is 31.9 Å². The predicted octanol–water partition coefficient (Wildman–Crippen LogP) is 3.02. The lowest BCUT2D eigenvalue weighted by Gasteiger charge is -2.15. The second-order valence-corrected chi connectivity index (χ2v) is 4.37. The first-order valence-electron chi connectivity index (χ1n) is 5.58. The number of allylic oxidation sites excluding steroid dienone is 1. The second-order valence-electron chi connectivity index (χ2n) is 3.66. The normalized spacial score (nSPS) is 12.6. The maximum Gasteiger partial charge on any atom is 0.0794 e. The lowest BCUT2D eigenvalue weighted by molar-refractivity contribution is 0.473. The Balaban J connectivity index is 2.14. The molecule has 0 saturated heterocycles. The van der Waals surface area contributed by atoms with Crippen LogP contribution in [0.2, 0.25) is 0 Å². The molecule has 0 saturated carbocycles. The highest BCUT2D eigenvalue weighted by Gasteiger charge is 2.03. The minimum atomic E-state index is 0.627. The van der Waals surface area contributed by atoms with E-state index in [0.717, 1.165) is 19.4 Å². The standard InChI is InChI=1S/C12H20N2S/c1-3-5-6-11(4-2)13-8-7-12-9-15-10-14-12/h3,9-11,13H,1,4-8H2,2H3. The Morgan fingerprint density at radius 1 is 1.67 bits per heavy atom. The molecule has 0 radical (unpaired) electrons. The van der Waals surface area contributed by atoms with Crippen LogP contribution in [0.5, 0.6) is 0 Å². The number of hydrogen-bond donors (Lipinski definition) is 1. The Bertz CT molecular complexity index is 257. The molecule has 1 aromatic rings. The van der Waals surface area contributed by atoms with Crippen molar-refractivity contribution in [2.45, 2.75) is 38.6 Å². The lowest BCUT2D eigenvalue weighted by Crippen LogP contribution is -2.30. The van der Waals surface area contributed by atoms with Crippen LogP contribution in [0.4, 0.5) is 0 Å². The van der Waals surface area contributed by atoms with E-state index in [9.17, 15) is 0 Å². The van der Waals surface area contributed by atoms with Crippen molar-refractivity contribution in [2.24, 2.45) is 0 Å². The molecular formula is C12H20N2S. The highest BCUT2D eigenvalue weighted by atomic mass is 32.1. The van der Waals surface area contributed by atoms with Gasteiger partial charge < -0.3 is 5.32 Å². The largest absolute Gasteiger partial charge is 0.314 e. The molecule has 0 spiro atoms. The van der Waals surface area contributed by atoms with Crippen LogP contribution in [0.25, 0.3) is 0 Å². The summed E-state index contributed by atoms with van der Waals surface area (Å²) in [5, 5.41) is 5.68. The molecule has 0 aliphatic heterocycles. The van der Waals surface area contributed by atoms with Crippen molar-refractivity contribution in [3.8, 4) is 0 Å². The van der Waals surface area contributed by atoms with E-state index in [-0.39, 0.29) is 0 Å². The van der Waals surface area contributed by atoms with E-state index in [4.69, 9.17) is 0 Å². The zero-order valence-corrected chi connectivity index (χ0v) is 10.2. The molecule has 1 rings (SSSR count). The molecule has 1 atom stereocenters. The Morgan fingerprint density at radius 2 is 2.53 bits per heavy atom. The lowest BCUT2D eigenvalue weighted by atomic mass is 10.1. The summed E-state index contributed by atoms with van der Waals surface area (Å²) in [6.07, 6.45) is 6.50. The van der Waals surface area contributed by atoms with Crippen LogP contribution in [0, 0.1) is 0 Å². The van der Waals surface area contributed by atoms with Crippen LogP contribution in [-0.2, 0) is 6.42 Å². The van der Waals surface area contributed by atoms with Gasteiger partial charge in [0.15, 0.2) is 0 Å². The van der Waals surface area contributed by atoms with Crippen molar-refractivity contribution < 1.29 is 0 Å². The molecule has 0 amide bonds. The minimum absolute atomic E-state index is 0.627. The van der Waals surface area contributed by atoms with Gasteiger partial charge in [-0.25, -0.2) is 4.98 Å². The smallest absolute Gasteiger partial charge is 0.0794 e. The van der Waals surface area contributed by atoms with Crippen LogP contribution >= 0.6 is 11.3 Å². The molecule has 0 fully saturated rings. The summed E-state index contributed by atoms with van der Waals surface area (Å²) in [5.74, 6) is 0. The Hall–Kier alpha value is -0.670. The van der Waals surface area contributed by atoms with Gasteiger partial charge in [0.05, 0.1) is 11.2 Å². The zero-order valence-electron chi connectivity index (χ0n) is 9.41. The molecule has 15 heavy (non-hydrogen) atoms. The van der Waals surface area contributed by atoms with Gasteiger partial charge in [0.2, 0.25) is 0 Å². The Kier molecular flexibility index (Phi) is 6.28. The summed E-state index contributed by atoms with van der Waals surface area (Å²) in [5.41, 5.74) is 3.09. The Labute approximate surface area is 96.4 Å². The second kappa shape index (κ2) is 7.60. The highest BCUT2D eigenvalue weighted by molar-refractivity contribution is 7.07. The molecule has 0 aliphatic carbocycles. The molecule has 3 heteroatoms. The first kappa shape index (κ1) is 12.4. The van der Waals surface area contributed by atoms with E-state index in [1.807, 2.05) is 11.6 Å². The maximum atomic E-state index is 4.26. The third-order valence-corrected chi connectivity index (χ3v) is 3.14. The van der Waals surface area contributed by atoms with E-state index in [1.165, 1.54) is 18.5 Å². The average molecular weight is 224 g/mol. The average Bonchev–Trinajstić information content (AvgIpc) is 2.76. The van der Waals surface area contributed by atoms with Crippen molar-refractivity contribution in [2.75, 3.05) is 6.54 Å². The van der Waals surface area contributed by atoms with Crippen LogP contribution in [0.15, 0.2) is 23.5 Å². The van der Waals surface area contributed by atoms with Crippen LogP contribution < -0.4 is 5.32 Å². The van der Waals surface area contributed by atoms with Gasteiger partial charge in [-0.15, -0.1) is 17.9 Å². The highest BCUT2D eigenvalue weighted by Crippen LogP contribution is 2.04. The van der Waals surface area contributed by atoms with Gasteiger partial charge in [-0.1, -0.05) is 13.0 Å². The predicted molar refractivity (Wildman–Crippen MR) is 67.3 cm³/mol. The Morgan fingerprint density at radius 3 is 3.13 bits per heavy atom. The molecule has 84 valence electrons. The summed E-state index contributed by atoms with van der Waals surface area (Å²) >= 11 is 1.67. The molecule has 0 bridgehead atoms. The van der Waals surface area contributed by atoms with Gasteiger partial charge in [0.25, 0.3) is 0 Å². The van der Waals surface area contributed by atoms with Crippen LogP contribution in [0.3, 0.4) is 0 Å². The first-order valence-corrected chi connectivity index (χ1v) is 6.52. The zero-order chi connectivity index (χ0) is 10.9. The van der Waals surface area contributed by atoms with Gasteiger partial charge in [0.1, 0.15) is 0 Å². The number of rotatable bonds is 8. The van der Waals surface area contributed by atoms with E-state index in [1.54, 1.807) is 11.3 Å². The van der Waals surface area contributed by atoms with E-state index >= 15 is 0 Å². The summed E-state index contributed by atoms with van der Waals surface area (Å²) in [4.78, 5) is 4.26. The van der Waals surface area contributed by atoms with Crippen molar-refractivity contribution in [3.63, 3.8) is 0 Å². The van der Waals surface area contributed by atoms with Gasteiger partial charge in [-0.3, -0.25) is 0 Å². The van der Waals surface area contributed by atoms with Crippen molar-refractivity contribution in [1.29, 1.82) is 0 Å². The third kappa shape index (κ3) is 5.09. The number of thiazole rings is 1. The number of nitrogens with zero attached hydrogens (tertiary/aromatic N) is 1. The van der Waals surface area contributed by atoms with Crippen LogP contribution in [-0.4, -0.2) is 17.6 Å². The number of nitrogens with one attached hydrogen (secondary N) is 1. The third-order valence-electron chi connectivity index (χ3n) is 2.51. The number of aromatic nitrogens is 1. The topological polar surface area (TPSA) is 24.9 Å². The molecule has 0 aromatic carbocycles. The quantitative estimate of drug-likeness (QED) is 0.687. The summed E-state index contributed by atoms with van der Waals surface area (Å²) in [6, 6.07) is 0.627. The monoisotopic (exact) mass is 224 g/mol. The van der Waals surface area contributed by atoms with Crippen molar-refractivity contribution in [3.05, 3.63) is 29.2 Å². The minimum Gasteiger partial charge on any atom is -0.314 e. The van der Waals surface area contributed by atoms with Gasteiger partial charge >= 0.3 is 0 Å². The summed E-state index contributed by atoms with van der Waals surface area (Å²) in [7, 11) is 0. The molecule has 1 heterocycles. The molecule has 2 nitrogen and oxygen atoms in total. The molecule has 1 unspecified atom stereocenters.